The van der Waals surface area contributed by atoms with Crippen molar-refractivity contribution < 1.29 is 20.1 Å². The maximum absolute atomic E-state index is 10.8. The molecular formula is C11H12O4. The molecule has 0 saturated heterocycles. The van der Waals surface area contributed by atoms with Gasteiger partial charge in [-0.2, -0.15) is 0 Å². The zero-order valence-electron chi connectivity index (χ0n) is 8.05. The van der Waals surface area contributed by atoms with Crippen LogP contribution in [-0.2, 0) is 4.79 Å². The highest BCUT2D eigenvalue weighted by atomic mass is 16.4. The van der Waals surface area contributed by atoms with Crippen molar-refractivity contribution in [3.05, 3.63) is 41.5 Å². The normalized spacial score (nSPS) is 12.1. The molecular weight excluding hydrogens is 196 g/mol. The van der Waals surface area contributed by atoms with E-state index in [1.807, 2.05) is 0 Å². The van der Waals surface area contributed by atoms with E-state index in [0.29, 0.717) is 5.56 Å². The van der Waals surface area contributed by atoms with Gasteiger partial charge in [-0.25, -0.2) is 4.79 Å². The summed E-state index contributed by atoms with van der Waals surface area (Å²) in [7, 11) is 0. The summed E-state index contributed by atoms with van der Waals surface area (Å²) >= 11 is 0. The first-order valence-corrected chi connectivity index (χ1v) is 4.43. The summed E-state index contributed by atoms with van der Waals surface area (Å²) < 4.78 is 0. The number of rotatable bonds is 4. The minimum atomic E-state index is -1.22. The zero-order chi connectivity index (χ0) is 11.3. The third kappa shape index (κ3) is 2.65. The minimum absolute atomic E-state index is 0.177. The molecule has 4 nitrogen and oxygen atoms in total. The second kappa shape index (κ2) is 5.29. The fraction of sp³-hybridized carbons (Fsp3) is 0.182. The van der Waals surface area contributed by atoms with Crippen LogP contribution in [0.3, 0.4) is 0 Å². The number of aliphatic hydroxyl groups is 2. The fourth-order valence-electron chi connectivity index (χ4n) is 1.29. The van der Waals surface area contributed by atoms with Gasteiger partial charge in [-0.1, -0.05) is 30.3 Å². The average Bonchev–Trinajstić information content (AvgIpc) is 2.26. The second-order valence-corrected chi connectivity index (χ2v) is 2.94. The monoisotopic (exact) mass is 208 g/mol. The van der Waals surface area contributed by atoms with E-state index in [1.54, 1.807) is 30.3 Å². The van der Waals surface area contributed by atoms with Crippen molar-refractivity contribution in [1.82, 2.24) is 0 Å². The van der Waals surface area contributed by atoms with Crippen molar-refractivity contribution >= 4 is 11.5 Å². The molecule has 1 aromatic rings. The quantitative estimate of drug-likeness (QED) is 0.630. The maximum atomic E-state index is 10.8. The Balaban J connectivity index is 3.23. The van der Waals surface area contributed by atoms with Gasteiger partial charge in [0.2, 0.25) is 0 Å². The lowest BCUT2D eigenvalue weighted by molar-refractivity contribution is -0.133. The van der Waals surface area contributed by atoms with E-state index in [2.05, 4.69) is 0 Å². The van der Waals surface area contributed by atoms with Gasteiger partial charge >= 0.3 is 5.97 Å². The zero-order valence-corrected chi connectivity index (χ0v) is 8.05. The van der Waals surface area contributed by atoms with Crippen LogP contribution in [0.2, 0.25) is 0 Å². The Morgan fingerprint density at radius 2 is 1.67 bits per heavy atom. The van der Waals surface area contributed by atoms with Crippen molar-refractivity contribution in [3.63, 3.8) is 0 Å². The highest BCUT2D eigenvalue weighted by Crippen LogP contribution is 2.17. The summed E-state index contributed by atoms with van der Waals surface area (Å²) in [5.74, 6) is -1.22. The Kier molecular flexibility index (Phi) is 4.03. The van der Waals surface area contributed by atoms with Crippen LogP contribution in [-0.4, -0.2) is 34.5 Å². The molecule has 0 aromatic heterocycles. The van der Waals surface area contributed by atoms with E-state index in [9.17, 15) is 4.79 Å². The van der Waals surface area contributed by atoms with E-state index >= 15 is 0 Å². The van der Waals surface area contributed by atoms with Gasteiger partial charge in [-0.05, 0) is 11.1 Å². The van der Waals surface area contributed by atoms with Gasteiger partial charge < -0.3 is 15.3 Å². The second-order valence-electron chi connectivity index (χ2n) is 2.94. The average molecular weight is 208 g/mol. The highest BCUT2D eigenvalue weighted by molar-refractivity contribution is 5.96. The number of carboxylic acids is 1. The molecule has 0 amide bonds. The van der Waals surface area contributed by atoms with Gasteiger partial charge in [0, 0.05) is 0 Å². The molecule has 0 radical (unpaired) electrons. The third-order valence-corrected chi connectivity index (χ3v) is 2.06. The summed E-state index contributed by atoms with van der Waals surface area (Å²) in [6, 6.07) is 8.63. The number of aliphatic carboxylic acids is 1. The molecule has 15 heavy (non-hydrogen) atoms. The summed E-state index contributed by atoms with van der Waals surface area (Å²) in [6.07, 6.45) is 0. The van der Waals surface area contributed by atoms with Crippen LogP contribution in [0.5, 0.6) is 0 Å². The molecule has 4 heteroatoms. The molecule has 0 aliphatic carbocycles. The molecule has 1 rings (SSSR count). The summed E-state index contributed by atoms with van der Waals surface area (Å²) in [6.45, 7) is -1.01. The highest BCUT2D eigenvalue weighted by Gasteiger charge is 2.13. The predicted octanol–water partition coefficient (Wildman–Crippen LogP) is 0.509. The van der Waals surface area contributed by atoms with Gasteiger partial charge in [-0.15, -0.1) is 0 Å². The Morgan fingerprint density at radius 1 is 1.07 bits per heavy atom. The summed E-state index contributed by atoms with van der Waals surface area (Å²) in [4.78, 5) is 10.8. The first-order valence-electron chi connectivity index (χ1n) is 4.43. The summed E-state index contributed by atoms with van der Waals surface area (Å²) in [5, 5.41) is 26.8. The van der Waals surface area contributed by atoms with E-state index in [4.69, 9.17) is 15.3 Å². The van der Waals surface area contributed by atoms with Crippen molar-refractivity contribution in [3.8, 4) is 0 Å². The topological polar surface area (TPSA) is 77.8 Å². The molecule has 0 aliphatic heterocycles. The van der Waals surface area contributed by atoms with Crippen molar-refractivity contribution in [1.29, 1.82) is 0 Å². The van der Waals surface area contributed by atoms with Gasteiger partial charge in [-0.3, -0.25) is 0 Å². The van der Waals surface area contributed by atoms with Gasteiger partial charge in [0.15, 0.2) is 0 Å². The molecule has 0 atom stereocenters. The van der Waals surface area contributed by atoms with Crippen LogP contribution in [0, 0.1) is 0 Å². The van der Waals surface area contributed by atoms with Crippen LogP contribution >= 0.6 is 0 Å². The maximum Gasteiger partial charge on any atom is 0.334 e. The number of aliphatic hydroxyl groups excluding tert-OH is 2. The van der Waals surface area contributed by atoms with E-state index < -0.39 is 19.2 Å². The standard InChI is InChI=1S/C11H12O4/c12-6-9(10(7-13)11(14)15)8-4-2-1-3-5-8/h1-5,12-13H,6-7H2,(H,14,15). The Hall–Kier alpha value is -1.65. The Morgan fingerprint density at radius 3 is 2.07 bits per heavy atom. The number of carboxylic acid groups (broad SMARTS) is 1. The molecule has 3 N–H and O–H groups in total. The Bertz CT molecular complexity index is 367. The largest absolute Gasteiger partial charge is 0.478 e. The fourth-order valence-corrected chi connectivity index (χ4v) is 1.29. The molecule has 0 unspecified atom stereocenters. The first kappa shape index (κ1) is 11.4. The van der Waals surface area contributed by atoms with E-state index in [1.165, 1.54) is 0 Å². The van der Waals surface area contributed by atoms with Gasteiger partial charge in [0.25, 0.3) is 0 Å². The molecule has 0 heterocycles. The Labute approximate surface area is 87.1 Å². The number of hydrogen-bond acceptors (Lipinski definition) is 3. The molecule has 0 spiro atoms. The van der Waals surface area contributed by atoms with Crippen LogP contribution < -0.4 is 0 Å². The van der Waals surface area contributed by atoms with Gasteiger partial charge in [0.1, 0.15) is 0 Å². The molecule has 0 aliphatic rings. The molecule has 1 aromatic carbocycles. The predicted molar refractivity (Wildman–Crippen MR) is 55.2 cm³/mol. The molecule has 0 bridgehead atoms. The number of benzene rings is 1. The van der Waals surface area contributed by atoms with Crippen molar-refractivity contribution in [2.24, 2.45) is 0 Å². The minimum Gasteiger partial charge on any atom is -0.478 e. The SMILES string of the molecule is O=C(O)C(CO)=C(CO)c1ccccc1. The van der Waals surface area contributed by atoms with Crippen molar-refractivity contribution in [2.75, 3.05) is 13.2 Å². The van der Waals surface area contributed by atoms with Crippen LogP contribution in [0.4, 0.5) is 0 Å². The lowest BCUT2D eigenvalue weighted by atomic mass is 10.0. The first-order chi connectivity index (χ1) is 7.20. The van der Waals surface area contributed by atoms with Crippen LogP contribution in [0.25, 0.3) is 5.57 Å². The summed E-state index contributed by atoms with van der Waals surface area (Å²) in [5.41, 5.74) is 0.667. The van der Waals surface area contributed by atoms with Crippen LogP contribution in [0.15, 0.2) is 35.9 Å². The molecule has 80 valence electrons. The lowest BCUT2D eigenvalue weighted by Gasteiger charge is -2.08. The van der Waals surface area contributed by atoms with E-state index in [0.717, 1.165) is 0 Å². The molecule has 0 fully saturated rings. The van der Waals surface area contributed by atoms with Crippen LogP contribution in [0.1, 0.15) is 5.56 Å². The number of carbonyl (C=O) groups is 1. The van der Waals surface area contributed by atoms with E-state index in [-0.39, 0.29) is 11.1 Å². The third-order valence-electron chi connectivity index (χ3n) is 2.06. The smallest absolute Gasteiger partial charge is 0.334 e. The molecule has 0 saturated carbocycles. The number of hydrogen-bond donors (Lipinski definition) is 3. The van der Waals surface area contributed by atoms with Crippen molar-refractivity contribution in [2.45, 2.75) is 0 Å². The lowest BCUT2D eigenvalue weighted by Crippen LogP contribution is -2.10. The van der Waals surface area contributed by atoms with Gasteiger partial charge in [0.05, 0.1) is 18.8 Å².